The van der Waals surface area contributed by atoms with Gasteiger partial charge in [-0.3, -0.25) is 0 Å². The molecule has 0 unspecified atom stereocenters. The summed E-state index contributed by atoms with van der Waals surface area (Å²) < 4.78 is 57.3. The van der Waals surface area contributed by atoms with Crippen molar-refractivity contribution in [3.8, 4) is 5.75 Å². The summed E-state index contributed by atoms with van der Waals surface area (Å²) in [7, 11) is 0. The van der Waals surface area contributed by atoms with Gasteiger partial charge in [0.15, 0.2) is 24.1 Å². The van der Waals surface area contributed by atoms with E-state index in [2.05, 4.69) is 6.08 Å². The van der Waals surface area contributed by atoms with E-state index in [1.807, 2.05) is 13.0 Å². The van der Waals surface area contributed by atoms with Crippen LogP contribution in [0.15, 0.2) is 24.3 Å². The zero-order chi connectivity index (χ0) is 22.5. The van der Waals surface area contributed by atoms with Gasteiger partial charge < -0.3 is 23.7 Å². The fourth-order valence-corrected chi connectivity index (χ4v) is 5.04. The van der Waals surface area contributed by atoms with Crippen molar-refractivity contribution < 1.29 is 32.5 Å². The van der Waals surface area contributed by atoms with Crippen molar-refractivity contribution in [2.75, 3.05) is 33.0 Å². The molecule has 3 fully saturated rings. The van der Waals surface area contributed by atoms with Gasteiger partial charge in [0.2, 0.25) is 5.82 Å². The van der Waals surface area contributed by atoms with E-state index in [9.17, 15) is 8.78 Å². The molecule has 1 saturated carbocycles. The summed E-state index contributed by atoms with van der Waals surface area (Å²) in [4.78, 5) is 0. The maximum atomic E-state index is 14.5. The number of hydrogen-bond donors (Lipinski definition) is 0. The van der Waals surface area contributed by atoms with Crippen LogP contribution in [0.4, 0.5) is 8.78 Å². The molecule has 7 heteroatoms. The smallest absolute Gasteiger partial charge is 0.201 e. The highest BCUT2D eigenvalue weighted by Gasteiger charge is 2.37. The zero-order valence-electron chi connectivity index (χ0n) is 18.9. The minimum Gasteiger partial charge on any atom is -0.491 e. The predicted molar refractivity (Wildman–Crippen MR) is 115 cm³/mol. The lowest BCUT2D eigenvalue weighted by Crippen LogP contribution is -2.40. The van der Waals surface area contributed by atoms with Crippen LogP contribution in [0.5, 0.6) is 5.75 Å². The highest BCUT2D eigenvalue weighted by Crippen LogP contribution is 2.40. The molecule has 2 heterocycles. The molecule has 0 atom stereocenters. The standard InChI is InChI=1S/C25H34F2O5/c1-3-5-16-12-29-24(30-13-16)18-8-6-17(7-9-18)19-14-31-25(32-15-19)20-10-11-21(28-4-2)23(27)22(20)26/h3,5,10-11,16-19,24-25H,4,6-9,12-15H2,1-2H3. The van der Waals surface area contributed by atoms with Crippen LogP contribution in [-0.4, -0.2) is 39.3 Å². The second kappa shape index (κ2) is 11.1. The third kappa shape index (κ3) is 5.33. The first-order valence-electron chi connectivity index (χ1n) is 11.8. The van der Waals surface area contributed by atoms with Crippen LogP contribution in [0.3, 0.4) is 0 Å². The Hall–Kier alpha value is -1.54. The molecule has 1 aromatic rings. The molecule has 0 bridgehead atoms. The van der Waals surface area contributed by atoms with Gasteiger partial charge in [-0.05, 0) is 57.6 Å². The van der Waals surface area contributed by atoms with Gasteiger partial charge in [-0.15, -0.1) is 0 Å². The van der Waals surface area contributed by atoms with Gasteiger partial charge in [-0.1, -0.05) is 12.2 Å². The molecule has 0 aromatic heterocycles. The average molecular weight is 453 g/mol. The van der Waals surface area contributed by atoms with Crippen molar-refractivity contribution in [3.63, 3.8) is 0 Å². The monoisotopic (exact) mass is 452 g/mol. The van der Waals surface area contributed by atoms with Gasteiger partial charge in [0, 0.05) is 23.3 Å². The second-order valence-electron chi connectivity index (χ2n) is 8.97. The number of rotatable bonds is 6. The van der Waals surface area contributed by atoms with E-state index in [-0.39, 0.29) is 30.1 Å². The third-order valence-corrected chi connectivity index (χ3v) is 6.84. The molecule has 0 N–H and O–H groups in total. The quantitative estimate of drug-likeness (QED) is 0.541. The molecule has 5 nitrogen and oxygen atoms in total. The fraction of sp³-hybridized carbons (Fsp3) is 0.680. The molecular weight excluding hydrogens is 418 g/mol. The number of halogens is 2. The molecule has 0 amide bonds. The van der Waals surface area contributed by atoms with Crippen LogP contribution < -0.4 is 4.74 Å². The minimum atomic E-state index is -0.999. The lowest BCUT2D eigenvalue weighted by molar-refractivity contribution is -0.230. The Morgan fingerprint density at radius 2 is 1.53 bits per heavy atom. The first-order valence-corrected chi connectivity index (χ1v) is 11.8. The van der Waals surface area contributed by atoms with Crippen LogP contribution in [0.2, 0.25) is 0 Å². The minimum absolute atomic E-state index is 0.0796. The Morgan fingerprint density at radius 1 is 0.875 bits per heavy atom. The summed E-state index contributed by atoms with van der Waals surface area (Å²) in [6.07, 6.45) is 7.45. The first kappa shape index (κ1) is 23.6. The zero-order valence-corrected chi connectivity index (χ0v) is 18.9. The molecule has 0 radical (unpaired) electrons. The van der Waals surface area contributed by atoms with Crippen molar-refractivity contribution in [1.82, 2.24) is 0 Å². The van der Waals surface area contributed by atoms with E-state index in [0.717, 1.165) is 38.9 Å². The summed E-state index contributed by atoms with van der Waals surface area (Å²) in [5.74, 6) is -0.529. The molecule has 2 saturated heterocycles. The Kier molecular flexibility index (Phi) is 8.16. The van der Waals surface area contributed by atoms with Gasteiger partial charge in [-0.25, -0.2) is 4.39 Å². The average Bonchev–Trinajstić information content (AvgIpc) is 2.83. The van der Waals surface area contributed by atoms with E-state index in [4.69, 9.17) is 23.7 Å². The summed E-state index contributed by atoms with van der Waals surface area (Å²) in [5, 5.41) is 0. The van der Waals surface area contributed by atoms with Crippen LogP contribution >= 0.6 is 0 Å². The van der Waals surface area contributed by atoms with E-state index < -0.39 is 17.9 Å². The summed E-state index contributed by atoms with van der Waals surface area (Å²) in [6.45, 7) is 6.42. The van der Waals surface area contributed by atoms with E-state index >= 15 is 0 Å². The Balaban J connectivity index is 1.24. The van der Waals surface area contributed by atoms with Gasteiger partial charge in [0.05, 0.1) is 33.0 Å². The molecule has 2 aliphatic heterocycles. The largest absolute Gasteiger partial charge is 0.491 e. The van der Waals surface area contributed by atoms with E-state index in [1.165, 1.54) is 12.1 Å². The number of benzene rings is 1. The highest BCUT2D eigenvalue weighted by molar-refractivity contribution is 5.31. The summed E-state index contributed by atoms with van der Waals surface area (Å²) in [6, 6.07) is 2.90. The summed E-state index contributed by atoms with van der Waals surface area (Å²) in [5.41, 5.74) is 0.0796. The lowest BCUT2D eigenvalue weighted by Gasteiger charge is -2.40. The van der Waals surface area contributed by atoms with Gasteiger partial charge in [0.1, 0.15) is 0 Å². The van der Waals surface area contributed by atoms with Gasteiger partial charge in [-0.2, -0.15) is 4.39 Å². The van der Waals surface area contributed by atoms with Crippen molar-refractivity contribution in [1.29, 1.82) is 0 Å². The molecular formula is C25H34F2O5. The molecule has 0 spiro atoms. The topological polar surface area (TPSA) is 46.2 Å². The SMILES string of the molecule is CC=CC1COC(C2CCC(C3COC(c4ccc(OCC)c(F)c4F)OC3)CC2)OC1. The lowest BCUT2D eigenvalue weighted by atomic mass is 9.75. The van der Waals surface area contributed by atoms with Crippen molar-refractivity contribution in [3.05, 3.63) is 41.5 Å². The highest BCUT2D eigenvalue weighted by atomic mass is 19.2. The Bertz CT molecular complexity index is 762. The first-order chi connectivity index (χ1) is 15.6. The van der Waals surface area contributed by atoms with E-state index in [1.54, 1.807) is 6.92 Å². The summed E-state index contributed by atoms with van der Waals surface area (Å²) >= 11 is 0. The molecule has 178 valence electrons. The van der Waals surface area contributed by atoms with Gasteiger partial charge >= 0.3 is 0 Å². The molecule has 1 aliphatic carbocycles. The maximum Gasteiger partial charge on any atom is 0.201 e. The van der Waals surface area contributed by atoms with Crippen LogP contribution in [0.25, 0.3) is 0 Å². The molecule has 3 aliphatic rings. The number of ether oxygens (including phenoxy) is 5. The van der Waals surface area contributed by atoms with Crippen molar-refractivity contribution in [2.45, 2.75) is 52.1 Å². The predicted octanol–water partition coefficient (Wildman–Crippen LogP) is 5.40. The van der Waals surface area contributed by atoms with Crippen molar-refractivity contribution in [2.24, 2.45) is 23.7 Å². The Labute approximate surface area is 189 Å². The molecule has 1 aromatic carbocycles. The third-order valence-electron chi connectivity index (χ3n) is 6.84. The number of hydrogen-bond acceptors (Lipinski definition) is 5. The fourth-order valence-electron chi connectivity index (χ4n) is 5.04. The molecule has 4 rings (SSSR count). The van der Waals surface area contributed by atoms with Crippen LogP contribution in [-0.2, 0) is 18.9 Å². The maximum absolute atomic E-state index is 14.5. The second-order valence-corrected chi connectivity index (χ2v) is 8.97. The Morgan fingerprint density at radius 3 is 2.16 bits per heavy atom. The number of allylic oxidation sites excluding steroid dienone is 1. The molecule has 32 heavy (non-hydrogen) atoms. The van der Waals surface area contributed by atoms with Crippen LogP contribution in [0, 0.1) is 35.3 Å². The van der Waals surface area contributed by atoms with Crippen LogP contribution in [0.1, 0.15) is 51.4 Å². The normalized spacial score (nSPS) is 34.0. The van der Waals surface area contributed by atoms with Gasteiger partial charge in [0.25, 0.3) is 0 Å². The van der Waals surface area contributed by atoms with Crippen molar-refractivity contribution >= 4 is 0 Å². The van der Waals surface area contributed by atoms with E-state index in [0.29, 0.717) is 31.0 Å².